The number of thiocarbonyl (C=S) groups is 1. The molecule has 0 aliphatic carbocycles. The van der Waals surface area contributed by atoms with Crippen molar-refractivity contribution in [2.45, 2.75) is 13.8 Å². The first kappa shape index (κ1) is 13.6. The highest BCUT2D eigenvalue weighted by Crippen LogP contribution is 2.14. The molecule has 1 aromatic carbocycles. The number of nitrogens with zero attached hydrogens (tertiary/aromatic N) is 1. The molecule has 0 fully saturated rings. The first-order valence-corrected chi connectivity index (χ1v) is 5.70. The van der Waals surface area contributed by atoms with Crippen molar-refractivity contribution >= 4 is 23.1 Å². The molecule has 0 radical (unpaired) electrons. The van der Waals surface area contributed by atoms with Gasteiger partial charge in [0, 0.05) is 6.54 Å². The van der Waals surface area contributed by atoms with Gasteiger partial charge in [-0.15, -0.1) is 0 Å². The minimum atomic E-state index is -0.487. The quantitative estimate of drug-likeness (QED) is 0.835. The summed E-state index contributed by atoms with van der Waals surface area (Å²) in [5.41, 5.74) is 5.90. The average molecular weight is 254 g/mol. The SMILES string of the molecule is CCN(CC(N)=S)C(=O)c1cccc(C)c1F. The summed E-state index contributed by atoms with van der Waals surface area (Å²) in [7, 11) is 0. The van der Waals surface area contributed by atoms with Crippen molar-refractivity contribution in [3.8, 4) is 0 Å². The number of halogens is 1. The smallest absolute Gasteiger partial charge is 0.257 e. The van der Waals surface area contributed by atoms with Crippen molar-refractivity contribution in [2.75, 3.05) is 13.1 Å². The average Bonchev–Trinajstić information content (AvgIpc) is 2.28. The lowest BCUT2D eigenvalue weighted by atomic mass is 10.1. The maximum atomic E-state index is 13.8. The number of carbonyl (C=O) groups excluding carboxylic acids is 1. The number of rotatable bonds is 4. The first-order chi connectivity index (χ1) is 7.97. The predicted molar refractivity (Wildman–Crippen MR) is 69.5 cm³/mol. The molecule has 0 saturated carbocycles. The van der Waals surface area contributed by atoms with Gasteiger partial charge in [-0.2, -0.15) is 0 Å². The van der Waals surface area contributed by atoms with E-state index in [1.807, 2.05) is 0 Å². The van der Waals surface area contributed by atoms with E-state index in [0.29, 0.717) is 12.1 Å². The lowest BCUT2D eigenvalue weighted by molar-refractivity contribution is 0.0783. The van der Waals surface area contributed by atoms with Crippen molar-refractivity contribution in [3.05, 3.63) is 35.1 Å². The molecule has 1 amide bonds. The normalized spacial score (nSPS) is 10.1. The highest BCUT2D eigenvalue weighted by Gasteiger charge is 2.19. The summed E-state index contributed by atoms with van der Waals surface area (Å²) in [6, 6.07) is 4.74. The van der Waals surface area contributed by atoms with E-state index >= 15 is 0 Å². The molecule has 2 N–H and O–H groups in total. The van der Waals surface area contributed by atoms with Gasteiger partial charge in [0.05, 0.1) is 17.1 Å². The molecule has 0 aliphatic rings. The van der Waals surface area contributed by atoms with Gasteiger partial charge in [0.1, 0.15) is 5.82 Å². The van der Waals surface area contributed by atoms with Crippen LogP contribution in [0.3, 0.4) is 0 Å². The summed E-state index contributed by atoms with van der Waals surface area (Å²) >= 11 is 4.76. The fourth-order valence-corrected chi connectivity index (χ4v) is 1.65. The number of carbonyl (C=O) groups is 1. The number of hydrogen-bond donors (Lipinski definition) is 1. The van der Waals surface area contributed by atoms with Crippen molar-refractivity contribution in [1.29, 1.82) is 0 Å². The van der Waals surface area contributed by atoms with Crippen LogP contribution >= 0.6 is 12.2 Å². The van der Waals surface area contributed by atoms with E-state index in [0.717, 1.165) is 0 Å². The van der Waals surface area contributed by atoms with Gasteiger partial charge in [-0.05, 0) is 25.5 Å². The first-order valence-electron chi connectivity index (χ1n) is 5.30. The fourth-order valence-electron chi connectivity index (χ4n) is 1.50. The maximum absolute atomic E-state index is 13.8. The van der Waals surface area contributed by atoms with Gasteiger partial charge in [0.2, 0.25) is 0 Å². The topological polar surface area (TPSA) is 46.3 Å². The van der Waals surface area contributed by atoms with E-state index in [4.69, 9.17) is 18.0 Å². The number of nitrogens with two attached hydrogens (primary N) is 1. The summed E-state index contributed by atoms with van der Waals surface area (Å²) in [6.45, 7) is 4.02. The molecule has 0 saturated heterocycles. The number of amides is 1. The Hall–Kier alpha value is -1.49. The highest BCUT2D eigenvalue weighted by molar-refractivity contribution is 7.80. The zero-order valence-corrected chi connectivity index (χ0v) is 10.7. The summed E-state index contributed by atoms with van der Waals surface area (Å²) in [5.74, 6) is -0.875. The van der Waals surface area contributed by atoms with Crippen molar-refractivity contribution in [3.63, 3.8) is 0 Å². The van der Waals surface area contributed by atoms with Crippen LogP contribution in [0, 0.1) is 12.7 Å². The van der Waals surface area contributed by atoms with Crippen molar-refractivity contribution in [2.24, 2.45) is 5.73 Å². The Morgan fingerprint density at radius 2 is 2.18 bits per heavy atom. The largest absolute Gasteiger partial charge is 0.392 e. The van der Waals surface area contributed by atoms with Crippen molar-refractivity contribution < 1.29 is 9.18 Å². The number of benzene rings is 1. The van der Waals surface area contributed by atoms with Gasteiger partial charge in [-0.25, -0.2) is 4.39 Å². The van der Waals surface area contributed by atoms with E-state index < -0.39 is 5.82 Å². The lowest BCUT2D eigenvalue weighted by Crippen LogP contribution is -2.38. The van der Waals surface area contributed by atoms with Gasteiger partial charge in [-0.1, -0.05) is 24.4 Å². The molecule has 0 heterocycles. The van der Waals surface area contributed by atoms with E-state index in [1.165, 1.54) is 11.0 Å². The minimum Gasteiger partial charge on any atom is -0.392 e. The van der Waals surface area contributed by atoms with Crippen molar-refractivity contribution in [1.82, 2.24) is 4.90 Å². The molecule has 92 valence electrons. The van der Waals surface area contributed by atoms with Gasteiger partial charge in [0.15, 0.2) is 0 Å². The highest BCUT2D eigenvalue weighted by atomic mass is 32.1. The second kappa shape index (κ2) is 5.72. The predicted octanol–water partition coefficient (Wildman–Crippen LogP) is 1.88. The second-order valence-electron chi connectivity index (χ2n) is 3.72. The summed E-state index contributed by atoms with van der Waals surface area (Å²) in [4.78, 5) is 13.7. The molecule has 3 nitrogen and oxygen atoms in total. The molecular weight excluding hydrogens is 239 g/mol. The van der Waals surface area contributed by atoms with Crippen LogP contribution in [0.2, 0.25) is 0 Å². The van der Waals surface area contributed by atoms with Gasteiger partial charge in [-0.3, -0.25) is 4.79 Å². The van der Waals surface area contributed by atoms with Gasteiger partial charge in [0.25, 0.3) is 5.91 Å². The molecule has 0 bridgehead atoms. The molecule has 0 unspecified atom stereocenters. The minimum absolute atomic E-state index is 0.0584. The lowest BCUT2D eigenvalue weighted by Gasteiger charge is -2.20. The number of likely N-dealkylation sites (N-methyl/N-ethyl adjacent to an activating group) is 1. The molecule has 0 aliphatic heterocycles. The maximum Gasteiger partial charge on any atom is 0.257 e. The van der Waals surface area contributed by atoms with Crippen LogP contribution in [0.5, 0.6) is 0 Å². The van der Waals surface area contributed by atoms with E-state index in [2.05, 4.69) is 0 Å². The zero-order valence-electron chi connectivity index (χ0n) is 9.87. The van der Waals surface area contributed by atoms with Crippen LogP contribution in [-0.2, 0) is 0 Å². The second-order valence-corrected chi connectivity index (χ2v) is 4.25. The van der Waals surface area contributed by atoms with E-state index in [1.54, 1.807) is 26.0 Å². The zero-order chi connectivity index (χ0) is 13.0. The van der Waals surface area contributed by atoms with Crippen LogP contribution in [0.15, 0.2) is 18.2 Å². The van der Waals surface area contributed by atoms with Crippen LogP contribution < -0.4 is 5.73 Å². The number of hydrogen-bond acceptors (Lipinski definition) is 2. The molecule has 1 aromatic rings. The molecule has 0 spiro atoms. The fraction of sp³-hybridized carbons (Fsp3) is 0.333. The monoisotopic (exact) mass is 254 g/mol. The third kappa shape index (κ3) is 3.23. The van der Waals surface area contributed by atoms with Crippen LogP contribution in [0.25, 0.3) is 0 Å². The van der Waals surface area contributed by atoms with Gasteiger partial charge < -0.3 is 10.6 Å². The summed E-state index contributed by atoms with van der Waals surface area (Å²) in [5, 5.41) is 0. The van der Waals surface area contributed by atoms with E-state index in [-0.39, 0.29) is 23.0 Å². The van der Waals surface area contributed by atoms with Gasteiger partial charge >= 0.3 is 0 Å². The van der Waals surface area contributed by atoms with E-state index in [9.17, 15) is 9.18 Å². The van der Waals surface area contributed by atoms with Crippen LogP contribution in [-0.4, -0.2) is 28.9 Å². The number of aryl methyl sites for hydroxylation is 1. The third-order valence-corrected chi connectivity index (χ3v) is 2.57. The summed E-state index contributed by atoms with van der Waals surface area (Å²) in [6.07, 6.45) is 0. The van der Waals surface area contributed by atoms with Crippen LogP contribution in [0.1, 0.15) is 22.8 Å². The molecule has 0 atom stereocenters. The molecular formula is C12H15FN2OS. The summed E-state index contributed by atoms with van der Waals surface area (Å²) < 4.78 is 13.8. The molecule has 5 heteroatoms. The Morgan fingerprint density at radius 1 is 1.53 bits per heavy atom. The molecule has 17 heavy (non-hydrogen) atoms. The molecule has 0 aromatic heterocycles. The standard InChI is InChI=1S/C12H15FN2OS/c1-3-15(7-10(14)17)12(16)9-6-4-5-8(2)11(9)13/h4-6H,3,7H2,1-2H3,(H2,14,17). The Kier molecular flexibility index (Phi) is 4.57. The Labute approximate surface area is 105 Å². The Balaban J connectivity index is 3.02. The Bertz CT molecular complexity index is 448. The molecule has 1 rings (SSSR count). The third-order valence-electron chi connectivity index (χ3n) is 2.44. The Morgan fingerprint density at radius 3 is 2.71 bits per heavy atom. The van der Waals surface area contributed by atoms with Crippen LogP contribution in [0.4, 0.5) is 4.39 Å².